The van der Waals surface area contributed by atoms with Crippen molar-refractivity contribution in [2.75, 3.05) is 6.61 Å². The Hall–Kier alpha value is -3.81. The van der Waals surface area contributed by atoms with E-state index in [1.54, 1.807) is 19.1 Å². The van der Waals surface area contributed by atoms with Crippen LogP contribution in [0.2, 0.25) is 0 Å². The molecular formula is C22H19FN4O3. The number of fused-ring (bicyclic) bond motifs is 1. The summed E-state index contributed by atoms with van der Waals surface area (Å²) in [5.41, 5.74) is 3.40. The highest BCUT2D eigenvalue weighted by Crippen LogP contribution is 2.33. The van der Waals surface area contributed by atoms with Gasteiger partial charge >= 0.3 is 0 Å². The van der Waals surface area contributed by atoms with E-state index in [1.165, 1.54) is 12.1 Å². The highest BCUT2D eigenvalue weighted by molar-refractivity contribution is 5.93. The number of carbonyl (C=O) groups is 1. The van der Waals surface area contributed by atoms with E-state index >= 15 is 0 Å². The quantitative estimate of drug-likeness (QED) is 0.525. The second-order valence-electron chi connectivity index (χ2n) is 6.79. The van der Waals surface area contributed by atoms with Crippen molar-refractivity contribution in [3.8, 4) is 17.1 Å². The number of aryl methyl sites for hydroxylation is 2. The van der Waals surface area contributed by atoms with Crippen LogP contribution in [0.3, 0.4) is 0 Å². The standard InChI is InChI=1S/C22H19FN4O3/c1-13-5-3-4-6-16(13)11-24-18(28)12-29-21-19-20(15-7-9-17(23)10-8-15)27-30-22(19)26-14(2)25-21/h3-10H,11-12H2,1-2H3,(H,24,28). The molecule has 1 N–H and O–H groups in total. The highest BCUT2D eigenvalue weighted by Gasteiger charge is 2.20. The summed E-state index contributed by atoms with van der Waals surface area (Å²) in [6.07, 6.45) is 0. The molecule has 2 aromatic heterocycles. The first kappa shape index (κ1) is 19.5. The van der Waals surface area contributed by atoms with Crippen LogP contribution in [-0.4, -0.2) is 27.6 Å². The number of nitrogens with one attached hydrogen (secondary N) is 1. The van der Waals surface area contributed by atoms with Gasteiger partial charge in [-0.05, 0) is 49.2 Å². The largest absolute Gasteiger partial charge is 0.467 e. The van der Waals surface area contributed by atoms with E-state index < -0.39 is 0 Å². The minimum absolute atomic E-state index is 0.184. The number of ether oxygens (including phenoxy) is 1. The zero-order chi connectivity index (χ0) is 21.1. The zero-order valence-corrected chi connectivity index (χ0v) is 16.5. The molecule has 7 nitrogen and oxygen atoms in total. The maximum absolute atomic E-state index is 13.3. The van der Waals surface area contributed by atoms with Gasteiger partial charge in [-0.3, -0.25) is 4.79 Å². The summed E-state index contributed by atoms with van der Waals surface area (Å²) in [5.74, 6) is -0.0494. The lowest BCUT2D eigenvalue weighted by Crippen LogP contribution is -2.28. The molecule has 1 amide bonds. The maximum atomic E-state index is 13.3. The smallest absolute Gasteiger partial charge is 0.265 e. The van der Waals surface area contributed by atoms with Crippen LogP contribution >= 0.6 is 0 Å². The Morgan fingerprint density at radius 1 is 1.10 bits per heavy atom. The number of amides is 1. The van der Waals surface area contributed by atoms with Crippen LogP contribution in [0.15, 0.2) is 53.1 Å². The minimum atomic E-state index is -0.361. The average molecular weight is 406 g/mol. The first-order chi connectivity index (χ1) is 14.5. The second kappa shape index (κ2) is 8.28. The van der Waals surface area contributed by atoms with Crippen molar-refractivity contribution in [1.29, 1.82) is 0 Å². The molecule has 4 rings (SSSR count). The number of aromatic nitrogens is 3. The third-order valence-corrected chi connectivity index (χ3v) is 4.61. The average Bonchev–Trinajstić information content (AvgIpc) is 3.16. The molecule has 0 saturated heterocycles. The summed E-state index contributed by atoms with van der Waals surface area (Å²) < 4.78 is 24.3. The molecule has 30 heavy (non-hydrogen) atoms. The Morgan fingerprint density at radius 2 is 1.87 bits per heavy atom. The van der Waals surface area contributed by atoms with E-state index in [0.29, 0.717) is 29.0 Å². The van der Waals surface area contributed by atoms with Gasteiger partial charge in [0.15, 0.2) is 6.61 Å². The van der Waals surface area contributed by atoms with Crippen molar-refractivity contribution >= 4 is 17.0 Å². The lowest BCUT2D eigenvalue weighted by Gasteiger charge is -2.09. The van der Waals surface area contributed by atoms with E-state index in [4.69, 9.17) is 9.26 Å². The monoisotopic (exact) mass is 406 g/mol. The van der Waals surface area contributed by atoms with E-state index in [0.717, 1.165) is 11.1 Å². The third kappa shape index (κ3) is 4.12. The molecule has 0 spiro atoms. The van der Waals surface area contributed by atoms with Gasteiger partial charge in [-0.25, -0.2) is 4.39 Å². The molecule has 0 bridgehead atoms. The molecule has 0 radical (unpaired) electrons. The number of nitrogens with zero attached hydrogens (tertiary/aromatic N) is 3. The van der Waals surface area contributed by atoms with Gasteiger partial charge in [0, 0.05) is 12.1 Å². The summed E-state index contributed by atoms with van der Waals surface area (Å²) in [4.78, 5) is 20.8. The summed E-state index contributed by atoms with van der Waals surface area (Å²) in [7, 11) is 0. The van der Waals surface area contributed by atoms with Crippen LogP contribution in [0.5, 0.6) is 5.88 Å². The maximum Gasteiger partial charge on any atom is 0.265 e. The van der Waals surface area contributed by atoms with E-state index in [-0.39, 0.29) is 29.9 Å². The number of hydrogen-bond acceptors (Lipinski definition) is 6. The van der Waals surface area contributed by atoms with Gasteiger partial charge in [0.25, 0.3) is 11.6 Å². The van der Waals surface area contributed by atoms with Crippen molar-refractivity contribution in [2.24, 2.45) is 0 Å². The summed E-state index contributed by atoms with van der Waals surface area (Å²) in [6.45, 7) is 3.85. The van der Waals surface area contributed by atoms with Gasteiger partial charge in [0.1, 0.15) is 22.7 Å². The number of benzene rings is 2. The number of rotatable bonds is 6. The third-order valence-electron chi connectivity index (χ3n) is 4.61. The van der Waals surface area contributed by atoms with E-state index in [9.17, 15) is 9.18 Å². The van der Waals surface area contributed by atoms with Gasteiger partial charge in [-0.15, -0.1) is 0 Å². The lowest BCUT2D eigenvalue weighted by atomic mass is 10.1. The lowest BCUT2D eigenvalue weighted by molar-refractivity contribution is -0.123. The molecule has 2 heterocycles. The second-order valence-corrected chi connectivity index (χ2v) is 6.79. The Bertz CT molecular complexity index is 1200. The Kier molecular flexibility index (Phi) is 5.38. The van der Waals surface area contributed by atoms with Crippen molar-refractivity contribution in [2.45, 2.75) is 20.4 Å². The topological polar surface area (TPSA) is 90.1 Å². The zero-order valence-electron chi connectivity index (χ0n) is 16.5. The van der Waals surface area contributed by atoms with Gasteiger partial charge in [-0.2, -0.15) is 9.97 Å². The van der Waals surface area contributed by atoms with Crippen LogP contribution in [-0.2, 0) is 11.3 Å². The number of halogens is 1. The van der Waals surface area contributed by atoms with E-state index in [1.807, 2.05) is 31.2 Å². The Labute approximate surface area is 171 Å². The fourth-order valence-electron chi connectivity index (χ4n) is 3.02. The Morgan fingerprint density at radius 3 is 2.63 bits per heavy atom. The molecule has 2 aromatic carbocycles. The molecule has 0 aliphatic carbocycles. The molecule has 0 unspecified atom stereocenters. The predicted molar refractivity (Wildman–Crippen MR) is 108 cm³/mol. The molecule has 0 aliphatic heterocycles. The van der Waals surface area contributed by atoms with Crippen LogP contribution in [0.25, 0.3) is 22.4 Å². The number of carbonyl (C=O) groups excluding carboxylic acids is 1. The molecule has 4 aromatic rings. The normalized spacial score (nSPS) is 10.9. The van der Waals surface area contributed by atoms with Crippen LogP contribution in [0, 0.1) is 19.7 Å². The van der Waals surface area contributed by atoms with Crippen LogP contribution in [0.4, 0.5) is 4.39 Å². The van der Waals surface area contributed by atoms with Gasteiger partial charge in [0.05, 0.1) is 0 Å². The number of hydrogen-bond donors (Lipinski definition) is 1. The van der Waals surface area contributed by atoms with Crippen molar-refractivity contribution < 1.29 is 18.4 Å². The summed E-state index contributed by atoms with van der Waals surface area (Å²) in [6, 6.07) is 13.6. The SMILES string of the molecule is Cc1nc(OCC(=O)NCc2ccccc2C)c2c(-c3ccc(F)cc3)noc2n1. The predicted octanol–water partition coefficient (Wildman–Crippen LogP) is 3.74. The highest BCUT2D eigenvalue weighted by atomic mass is 19.1. The van der Waals surface area contributed by atoms with Crippen molar-refractivity contribution in [3.05, 3.63) is 71.3 Å². The first-order valence-corrected chi connectivity index (χ1v) is 9.35. The van der Waals surface area contributed by atoms with Gasteiger partial charge < -0.3 is 14.6 Å². The fraction of sp³-hybridized carbons (Fsp3) is 0.182. The van der Waals surface area contributed by atoms with E-state index in [2.05, 4.69) is 20.4 Å². The molecule has 8 heteroatoms. The molecule has 0 atom stereocenters. The molecule has 0 fully saturated rings. The molecular weight excluding hydrogens is 387 g/mol. The first-order valence-electron chi connectivity index (χ1n) is 9.35. The van der Waals surface area contributed by atoms with Crippen LogP contribution < -0.4 is 10.1 Å². The van der Waals surface area contributed by atoms with Crippen molar-refractivity contribution in [1.82, 2.24) is 20.4 Å². The molecule has 0 saturated carbocycles. The van der Waals surface area contributed by atoms with Crippen LogP contribution in [0.1, 0.15) is 17.0 Å². The molecule has 152 valence electrons. The summed E-state index contributed by atoms with van der Waals surface area (Å²) in [5, 5.41) is 7.29. The fourth-order valence-corrected chi connectivity index (χ4v) is 3.02. The molecule has 0 aliphatic rings. The minimum Gasteiger partial charge on any atom is -0.467 e. The summed E-state index contributed by atoms with van der Waals surface area (Å²) >= 11 is 0. The van der Waals surface area contributed by atoms with Gasteiger partial charge in [-0.1, -0.05) is 29.4 Å². The van der Waals surface area contributed by atoms with Crippen molar-refractivity contribution in [3.63, 3.8) is 0 Å². The van der Waals surface area contributed by atoms with Gasteiger partial charge in [0.2, 0.25) is 5.88 Å². The Balaban J connectivity index is 1.53.